The van der Waals surface area contributed by atoms with Crippen LogP contribution in [-0.2, 0) is 33.4 Å². The summed E-state index contributed by atoms with van der Waals surface area (Å²) in [6, 6.07) is 9.79. The lowest BCUT2D eigenvalue weighted by Gasteiger charge is -2.23. The number of hydrogen-bond donors (Lipinski definition) is 0. The van der Waals surface area contributed by atoms with Gasteiger partial charge < -0.3 is 4.57 Å². The topological polar surface area (TPSA) is 103 Å². The molecule has 2 aromatic heterocycles. The molecule has 0 radical (unpaired) electrons. The summed E-state index contributed by atoms with van der Waals surface area (Å²) in [5, 5.41) is 0. The van der Waals surface area contributed by atoms with Gasteiger partial charge in [0.2, 0.25) is 0 Å². The Bertz CT molecular complexity index is 1490. The number of aryl methyl sites for hydroxylation is 1. The molecule has 0 aliphatic carbocycles. The first-order valence-corrected chi connectivity index (χ1v) is 15.2. The maximum atomic E-state index is 13.6. The second kappa shape index (κ2) is 11.2. The minimum absolute atomic E-state index is 0.000765. The van der Waals surface area contributed by atoms with E-state index >= 15 is 0 Å². The zero-order valence-electron chi connectivity index (χ0n) is 22.1. The molecule has 0 unspecified atom stereocenters. The third-order valence-corrected chi connectivity index (χ3v) is 10.1. The number of rotatable bonds is 9. The molecule has 2 atom stereocenters. The molecule has 2 heterocycles. The van der Waals surface area contributed by atoms with Gasteiger partial charge in [-0.1, -0.05) is 26.0 Å². The van der Waals surface area contributed by atoms with Crippen LogP contribution in [0.2, 0.25) is 0 Å². The van der Waals surface area contributed by atoms with Crippen LogP contribution in [-0.4, -0.2) is 44.2 Å². The Labute approximate surface area is 221 Å². The number of hydrogen-bond acceptors (Lipinski definition) is 6. The van der Waals surface area contributed by atoms with Crippen molar-refractivity contribution in [3.05, 3.63) is 87.6 Å². The summed E-state index contributed by atoms with van der Waals surface area (Å²) in [5.74, 6) is -0.323. The third kappa shape index (κ3) is 6.90. The Hall–Kier alpha value is -2.91. The molecule has 3 rings (SSSR count). The molecule has 0 saturated carbocycles. The first-order valence-electron chi connectivity index (χ1n) is 12.1. The van der Waals surface area contributed by atoms with E-state index in [0.29, 0.717) is 39.1 Å². The van der Waals surface area contributed by atoms with Crippen LogP contribution in [0.5, 0.6) is 0 Å². The number of sulfone groups is 1. The Kier molecular flexibility index (Phi) is 8.70. The Morgan fingerprint density at radius 2 is 1.73 bits per heavy atom. The van der Waals surface area contributed by atoms with Crippen LogP contribution in [0.3, 0.4) is 0 Å². The first kappa shape index (κ1) is 28.7. The van der Waals surface area contributed by atoms with Gasteiger partial charge in [0.15, 0.2) is 15.6 Å². The monoisotopic (exact) mass is 542 g/mol. The molecule has 9 heteroatoms. The summed E-state index contributed by atoms with van der Waals surface area (Å²) < 4.78 is 38.7. The quantitative estimate of drug-likeness (QED) is 0.374. The third-order valence-electron chi connectivity index (χ3n) is 6.26. The van der Waals surface area contributed by atoms with Gasteiger partial charge in [0.05, 0.1) is 5.75 Å². The fraction of sp³-hybridized carbons (Fsp3) is 0.393. The molecule has 198 valence electrons. The van der Waals surface area contributed by atoms with E-state index in [1.54, 1.807) is 50.5 Å². The molecule has 0 saturated heterocycles. The number of aromatic nitrogens is 2. The molecule has 0 aliphatic rings. The highest BCUT2D eigenvalue weighted by molar-refractivity contribution is 7.90. The van der Waals surface area contributed by atoms with Crippen LogP contribution in [0.25, 0.3) is 11.1 Å². The molecule has 0 bridgehead atoms. The van der Waals surface area contributed by atoms with E-state index in [1.165, 1.54) is 23.0 Å². The maximum Gasteiger partial charge on any atom is 0.250 e. The summed E-state index contributed by atoms with van der Waals surface area (Å²) in [7, 11) is -2.86. The van der Waals surface area contributed by atoms with E-state index < -0.39 is 25.4 Å². The molecule has 0 spiro atoms. The van der Waals surface area contributed by atoms with E-state index in [9.17, 15) is 22.2 Å². The van der Waals surface area contributed by atoms with Crippen LogP contribution in [0, 0.1) is 0 Å². The number of carbonyl (C=O) groups is 1. The van der Waals surface area contributed by atoms with Crippen molar-refractivity contribution in [3.63, 3.8) is 0 Å². The van der Waals surface area contributed by atoms with Gasteiger partial charge in [0, 0.05) is 75.4 Å². The van der Waals surface area contributed by atoms with Crippen molar-refractivity contribution >= 4 is 26.4 Å². The van der Waals surface area contributed by atoms with Crippen molar-refractivity contribution in [2.75, 3.05) is 11.5 Å². The van der Waals surface area contributed by atoms with Gasteiger partial charge >= 0.3 is 0 Å². The standard InChI is InChI=1S/C28H34N2O5S2/c1-7-37(34,35)18-20-8-9-22(27(32)21-10-12-29-13-11-21)24(14-20)25-16-30(6)26(31)15-23(25)19(2)17-36(33)28(3,4)5/h8-16,19H,7,17-18H2,1-6H3/t19-,36-/m1/s1. The van der Waals surface area contributed by atoms with Gasteiger partial charge in [-0.15, -0.1) is 0 Å². The molecule has 0 fully saturated rings. The van der Waals surface area contributed by atoms with E-state index in [4.69, 9.17) is 0 Å². The number of carbonyl (C=O) groups excluding carboxylic acids is 1. The van der Waals surface area contributed by atoms with E-state index in [-0.39, 0.29) is 28.8 Å². The van der Waals surface area contributed by atoms with Crippen molar-refractivity contribution in [3.8, 4) is 11.1 Å². The van der Waals surface area contributed by atoms with Gasteiger partial charge in [0.25, 0.3) is 5.56 Å². The predicted molar refractivity (Wildman–Crippen MR) is 149 cm³/mol. The van der Waals surface area contributed by atoms with Gasteiger partial charge in [-0.2, -0.15) is 0 Å². The number of ketones is 1. The second-order valence-corrected chi connectivity index (χ2v) is 14.8. The van der Waals surface area contributed by atoms with Crippen molar-refractivity contribution in [1.82, 2.24) is 9.55 Å². The fourth-order valence-corrected chi connectivity index (χ4v) is 5.99. The van der Waals surface area contributed by atoms with Gasteiger partial charge in [0.1, 0.15) is 0 Å². The largest absolute Gasteiger partial charge is 0.318 e. The van der Waals surface area contributed by atoms with E-state index in [0.717, 1.165) is 0 Å². The lowest BCUT2D eigenvalue weighted by molar-refractivity contribution is 0.103. The zero-order valence-corrected chi connectivity index (χ0v) is 23.8. The highest BCUT2D eigenvalue weighted by Gasteiger charge is 2.26. The second-order valence-electron chi connectivity index (χ2n) is 10.2. The highest BCUT2D eigenvalue weighted by Crippen LogP contribution is 2.34. The zero-order chi connectivity index (χ0) is 27.5. The summed E-state index contributed by atoms with van der Waals surface area (Å²) >= 11 is 0. The first-order chi connectivity index (χ1) is 17.2. The van der Waals surface area contributed by atoms with Gasteiger partial charge in [-0.25, -0.2) is 8.42 Å². The smallest absolute Gasteiger partial charge is 0.250 e. The molecule has 3 aromatic rings. The molecule has 7 nitrogen and oxygen atoms in total. The number of nitrogens with zero attached hydrogens (tertiary/aromatic N) is 2. The van der Waals surface area contributed by atoms with E-state index in [1.807, 2.05) is 27.7 Å². The van der Waals surface area contributed by atoms with Crippen LogP contribution in [0.4, 0.5) is 0 Å². The van der Waals surface area contributed by atoms with Crippen molar-refractivity contribution in [1.29, 1.82) is 0 Å². The highest BCUT2D eigenvalue weighted by atomic mass is 32.2. The number of pyridine rings is 2. The lowest BCUT2D eigenvalue weighted by Crippen LogP contribution is -2.27. The van der Waals surface area contributed by atoms with Gasteiger partial charge in [-0.3, -0.25) is 18.8 Å². The molecule has 37 heavy (non-hydrogen) atoms. The SMILES string of the molecule is CCS(=O)(=O)Cc1ccc(C(=O)c2ccncc2)c(-c2cn(C)c(=O)cc2[C@H](C)C[S@@](=O)C(C)(C)C)c1. The minimum atomic E-state index is -3.32. The average molecular weight is 543 g/mol. The molecular formula is C28H34N2O5S2. The van der Waals surface area contributed by atoms with Crippen molar-refractivity contribution < 1.29 is 17.4 Å². The van der Waals surface area contributed by atoms with Crippen LogP contribution < -0.4 is 5.56 Å². The fourth-order valence-electron chi connectivity index (χ4n) is 3.96. The Morgan fingerprint density at radius 1 is 1.08 bits per heavy atom. The van der Waals surface area contributed by atoms with Crippen molar-refractivity contribution in [2.24, 2.45) is 7.05 Å². The Morgan fingerprint density at radius 3 is 2.32 bits per heavy atom. The molecule has 0 aliphatic heterocycles. The average Bonchev–Trinajstić information content (AvgIpc) is 2.84. The maximum absolute atomic E-state index is 13.6. The summed E-state index contributed by atoms with van der Waals surface area (Å²) in [4.78, 5) is 30.2. The predicted octanol–water partition coefficient (Wildman–Crippen LogP) is 4.26. The summed E-state index contributed by atoms with van der Waals surface area (Å²) in [5.41, 5.74) is 2.98. The van der Waals surface area contributed by atoms with E-state index in [2.05, 4.69) is 4.98 Å². The summed E-state index contributed by atoms with van der Waals surface area (Å²) in [6.45, 7) is 9.23. The molecule has 1 aromatic carbocycles. The van der Waals surface area contributed by atoms with Crippen LogP contribution in [0.15, 0.2) is 59.8 Å². The molecular weight excluding hydrogens is 508 g/mol. The summed E-state index contributed by atoms with van der Waals surface area (Å²) in [6.07, 6.45) is 4.75. The van der Waals surface area contributed by atoms with Crippen LogP contribution in [0.1, 0.15) is 67.6 Å². The minimum Gasteiger partial charge on any atom is -0.318 e. The van der Waals surface area contributed by atoms with Crippen LogP contribution >= 0.6 is 0 Å². The lowest BCUT2D eigenvalue weighted by atomic mass is 9.88. The van der Waals surface area contributed by atoms with Crippen molar-refractivity contribution in [2.45, 2.75) is 51.0 Å². The molecule has 0 amide bonds. The normalized spacial score (nSPS) is 13.8. The molecule has 0 N–H and O–H groups in total. The Balaban J connectivity index is 2.27. The van der Waals surface area contributed by atoms with Gasteiger partial charge in [-0.05, 0) is 61.6 Å². The number of benzene rings is 1.